The zero-order valence-electron chi connectivity index (χ0n) is 10.3. The lowest BCUT2D eigenvalue weighted by Crippen LogP contribution is -2.33. The van der Waals surface area contributed by atoms with Gasteiger partial charge in [0.1, 0.15) is 6.54 Å². The lowest BCUT2D eigenvalue weighted by atomic mass is 10.2. The molecule has 0 atom stereocenters. The lowest BCUT2D eigenvalue weighted by molar-refractivity contribution is -0.121. The molecule has 1 rings (SSSR count). The molecule has 0 saturated carbocycles. The smallest absolute Gasteiger partial charge is 0.413 e. The number of hydrogen-bond acceptors (Lipinski definition) is 6. The van der Waals surface area contributed by atoms with Crippen LogP contribution in [0.4, 0.5) is 4.79 Å². The van der Waals surface area contributed by atoms with Crippen LogP contribution in [0.2, 0.25) is 0 Å². The van der Waals surface area contributed by atoms with Gasteiger partial charge in [0.05, 0.1) is 12.8 Å². The third-order valence-electron chi connectivity index (χ3n) is 2.21. The second kappa shape index (κ2) is 7.38. The Morgan fingerprint density at radius 2 is 2.28 bits per heavy atom. The maximum absolute atomic E-state index is 11.3. The molecule has 0 spiro atoms. The summed E-state index contributed by atoms with van der Waals surface area (Å²) in [6.07, 6.45) is 3.52. The van der Waals surface area contributed by atoms with Crippen molar-refractivity contribution in [1.82, 2.24) is 20.3 Å². The van der Waals surface area contributed by atoms with Gasteiger partial charge in [-0.2, -0.15) is 0 Å². The minimum Gasteiger partial charge on any atom is -0.453 e. The Labute approximate surface area is 104 Å². The summed E-state index contributed by atoms with van der Waals surface area (Å²) >= 11 is 0. The van der Waals surface area contributed by atoms with Gasteiger partial charge < -0.3 is 10.5 Å². The predicted octanol–water partition coefficient (Wildman–Crippen LogP) is -0.558. The maximum atomic E-state index is 11.3. The van der Waals surface area contributed by atoms with E-state index in [0.717, 1.165) is 25.0 Å². The predicted molar refractivity (Wildman–Crippen MR) is 62.6 cm³/mol. The van der Waals surface area contributed by atoms with Gasteiger partial charge in [-0.3, -0.25) is 10.1 Å². The van der Waals surface area contributed by atoms with Crippen molar-refractivity contribution in [1.29, 1.82) is 0 Å². The SMILES string of the molecule is COC(=O)NC(=O)Cn1cc(CCCCN)nn1. The van der Waals surface area contributed by atoms with Gasteiger partial charge in [-0.1, -0.05) is 5.21 Å². The third-order valence-corrected chi connectivity index (χ3v) is 2.21. The van der Waals surface area contributed by atoms with Crippen LogP contribution in [0.15, 0.2) is 6.20 Å². The molecule has 1 aromatic heterocycles. The normalized spacial score (nSPS) is 10.1. The van der Waals surface area contributed by atoms with Crippen LogP contribution >= 0.6 is 0 Å². The average Bonchev–Trinajstić information content (AvgIpc) is 2.76. The highest BCUT2D eigenvalue weighted by Gasteiger charge is 2.09. The fraction of sp³-hybridized carbons (Fsp3) is 0.600. The molecule has 100 valence electrons. The highest BCUT2D eigenvalue weighted by atomic mass is 16.5. The van der Waals surface area contributed by atoms with E-state index in [1.807, 2.05) is 5.32 Å². The Morgan fingerprint density at radius 3 is 2.94 bits per heavy atom. The number of aryl methyl sites for hydroxylation is 1. The highest BCUT2D eigenvalue weighted by molar-refractivity contribution is 5.91. The fourth-order valence-corrected chi connectivity index (χ4v) is 1.33. The van der Waals surface area contributed by atoms with Gasteiger partial charge in [-0.15, -0.1) is 5.10 Å². The molecular formula is C10H17N5O3. The molecule has 0 unspecified atom stereocenters. The minimum atomic E-state index is -0.789. The minimum absolute atomic E-state index is 0.0704. The molecule has 2 amide bonds. The number of nitrogens with zero attached hydrogens (tertiary/aromatic N) is 3. The second-order valence-electron chi connectivity index (χ2n) is 3.69. The highest BCUT2D eigenvalue weighted by Crippen LogP contribution is 2.00. The standard InChI is InChI=1S/C10H17N5O3/c1-18-10(17)12-9(16)7-15-6-8(13-14-15)4-2-3-5-11/h6H,2-5,7,11H2,1H3,(H,12,16,17). The second-order valence-corrected chi connectivity index (χ2v) is 3.69. The monoisotopic (exact) mass is 255 g/mol. The molecule has 18 heavy (non-hydrogen) atoms. The van der Waals surface area contributed by atoms with Crippen molar-refractivity contribution in [2.24, 2.45) is 5.73 Å². The molecule has 0 radical (unpaired) electrons. The largest absolute Gasteiger partial charge is 0.453 e. The van der Waals surface area contributed by atoms with E-state index in [0.29, 0.717) is 6.54 Å². The van der Waals surface area contributed by atoms with Crippen LogP contribution in [-0.4, -0.2) is 40.6 Å². The molecule has 8 heteroatoms. The molecule has 0 saturated heterocycles. The Balaban J connectivity index is 2.38. The molecular weight excluding hydrogens is 238 g/mol. The van der Waals surface area contributed by atoms with Gasteiger partial charge in [0.25, 0.3) is 5.91 Å². The summed E-state index contributed by atoms with van der Waals surface area (Å²) in [6, 6.07) is 0. The zero-order valence-corrected chi connectivity index (χ0v) is 10.3. The molecule has 0 bridgehead atoms. The van der Waals surface area contributed by atoms with E-state index in [1.165, 1.54) is 11.8 Å². The number of rotatable bonds is 6. The van der Waals surface area contributed by atoms with Gasteiger partial charge in [0.15, 0.2) is 0 Å². The number of carbonyl (C=O) groups is 2. The Morgan fingerprint density at radius 1 is 1.50 bits per heavy atom. The number of methoxy groups -OCH3 is 1. The van der Waals surface area contributed by atoms with Crippen LogP contribution < -0.4 is 11.1 Å². The van der Waals surface area contributed by atoms with Gasteiger partial charge in [-0.25, -0.2) is 9.48 Å². The number of alkyl carbamates (subject to hydrolysis) is 1. The van der Waals surface area contributed by atoms with E-state index < -0.39 is 12.0 Å². The van der Waals surface area contributed by atoms with Crippen LogP contribution in [0.1, 0.15) is 18.5 Å². The van der Waals surface area contributed by atoms with Crippen LogP contribution in [-0.2, 0) is 22.5 Å². The Hall–Kier alpha value is -1.96. The quantitative estimate of drug-likeness (QED) is 0.659. The Bertz CT molecular complexity index is 404. The van der Waals surface area contributed by atoms with E-state index in [-0.39, 0.29) is 6.54 Å². The molecule has 0 aliphatic carbocycles. The number of carbonyl (C=O) groups excluding carboxylic acids is 2. The van der Waals surface area contributed by atoms with E-state index >= 15 is 0 Å². The maximum Gasteiger partial charge on any atom is 0.413 e. The molecule has 0 aromatic carbocycles. The molecule has 0 fully saturated rings. The number of aromatic nitrogens is 3. The van der Waals surface area contributed by atoms with Crippen molar-refractivity contribution < 1.29 is 14.3 Å². The number of nitrogens with one attached hydrogen (secondary N) is 1. The first-order chi connectivity index (χ1) is 8.65. The number of ether oxygens (including phenoxy) is 1. The van der Waals surface area contributed by atoms with Crippen LogP contribution in [0, 0.1) is 0 Å². The average molecular weight is 255 g/mol. The Kier molecular flexibility index (Phi) is 5.78. The van der Waals surface area contributed by atoms with Crippen molar-refractivity contribution in [3.8, 4) is 0 Å². The van der Waals surface area contributed by atoms with Gasteiger partial charge >= 0.3 is 6.09 Å². The number of hydrogen-bond donors (Lipinski definition) is 2. The summed E-state index contributed by atoms with van der Waals surface area (Å²) in [5, 5.41) is 9.74. The first-order valence-electron chi connectivity index (χ1n) is 5.62. The van der Waals surface area contributed by atoms with Crippen molar-refractivity contribution in [3.05, 3.63) is 11.9 Å². The van der Waals surface area contributed by atoms with Crippen molar-refractivity contribution in [2.45, 2.75) is 25.8 Å². The van der Waals surface area contributed by atoms with Crippen LogP contribution in [0.5, 0.6) is 0 Å². The topological polar surface area (TPSA) is 112 Å². The summed E-state index contributed by atoms with van der Waals surface area (Å²) in [4.78, 5) is 22.1. The molecule has 1 heterocycles. The summed E-state index contributed by atoms with van der Waals surface area (Å²) in [6.45, 7) is 0.578. The number of unbranched alkanes of at least 4 members (excludes halogenated alkanes) is 1. The summed E-state index contributed by atoms with van der Waals surface area (Å²) in [5.74, 6) is -0.500. The van der Waals surface area contributed by atoms with E-state index in [2.05, 4.69) is 15.0 Å². The van der Waals surface area contributed by atoms with Gasteiger partial charge in [0, 0.05) is 6.20 Å². The molecule has 0 aliphatic rings. The van der Waals surface area contributed by atoms with Gasteiger partial charge in [0.2, 0.25) is 0 Å². The fourth-order valence-electron chi connectivity index (χ4n) is 1.33. The van der Waals surface area contributed by atoms with E-state index in [9.17, 15) is 9.59 Å². The van der Waals surface area contributed by atoms with Crippen molar-refractivity contribution >= 4 is 12.0 Å². The van der Waals surface area contributed by atoms with Gasteiger partial charge in [-0.05, 0) is 25.8 Å². The van der Waals surface area contributed by atoms with E-state index in [4.69, 9.17) is 5.73 Å². The third kappa shape index (κ3) is 4.91. The molecule has 1 aromatic rings. The van der Waals surface area contributed by atoms with Crippen LogP contribution in [0.3, 0.4) is 0 Å². The number of nitrogens with two attached hydrogens (primary N) is 1. The summed E-state index contributed by atoms with van der Waals surface area (Å²) in [7, 11) is 1.19. The van der Waals surface area contributed by atoms with Crippen molar-refractivity contribution in [3.63, 3.8) is 0 Å². The molecule has 3 N–H and O–H groups in total. The van der Waals surface area contributed by atoms with E-state index in [1.54, 1.807) is 6.20 Å². The van der Waals surface area contributed by atoms with Crippen molar-refractivity contribution in [2.75, 3.05) is 13.7 Å². The molecule has 0 aliphatic heterocycles. The van der Waals surface area contributed by atoms with Crippen LogP contribution in [0.25, 0.3) is 0 Å². The lowest BCUT2D eigenvalue weighted by Gasteiger charge is -2.01. The molecule has 8 nitrogen and oxygen atoms in total. The zero-order chi connectivity index (χ0) is 13.4. The first-order valence-corrected chi connectivity index (χ1v) is 5.62. The summed E-state index contributed by atoms with van der Waals surface area (Å²) < 4.78 is 5.67. The number of amides is 2. The first kappa shape index (κ1) is 14.1. The summed E-state index contributed by atoms with van der Waals surface area (Å²) in [5.41, 5.74) is 6.19. The number of imide groups is 1.